The van der Waals surface area contributed by atoms with Crippen molar-refractivity contribution in [2.75, 3.05) is 33.4 Å². The zero-order valence-electron chi connectivity index (χ0n) is 8.92. The number of hydrogen-bond donors (Lipinski definition) is 1. The van der Waals surface area contributed by atoms with Gasteiger partial charge in [-0.25, -0.2) is 0 Å². The van der Waals surface area contributed by atoms with Gasteiger partial charge in [0.1, 0.15) is 0 Å². The number of methoxy groups -OCH3 is 1. The molecule has 3 heteroatoms. The smallest absolute Gasteiger partial charge is 0.0589 e. The van der Waals surface area contributed by atoms with E-state index in [-0.39, 0.29) is 5.54 Å². The third kappa shape index (κ3) is 2.66. The molecule has 1 heterocycles. The molecular formula is C10H21NO2. The van der Waals surface area contributed by atoms with Crippen LogP contribution in [0.15, 0.2) is 0 Å². The highest BCUT2D eigenvalue weighted by Crippen LogP contribution is 2.31. The fourth-order valence-corrected chi connectivity index (χ4v) is 2.18. The van der Waals surface area contributed by atoms with Crippen LogP contribution < -0.4 is 0 Å². The molecule has 0 aromatic rings. The summed E-state index contributed by atoms with van der Waals surface area (Å²) >= 11 is 0. The Morgan fingerprint density at radius 2 is 2.23 bits per heavy atom. The van der Waals surface area contributed by atoms with E-state index in [9.17, 15) is 0 Å². The van der Waals surface area contributed by atoms with Gasteiger partial charge in [0.2, 0.25) is 0 Å². The molecule has 0 radical (unpaired) electrons. The maximum Gasteiger partial charge on any atom is 0.0589 e. The van der Waals surface area contributed by atoms with Crippen molar-refractivity contribution in [3.63, 3.8) is 0 Å². The fourth-order valence-electron chi connectivity index (χ4n) is 2.18. The van der Waals surface area contributed by atoms with Crippen molar-refractivity contribution in [2.24, 2.45) is 5.92 Å². The van der Waals surface area contributed by atoms with E-state index in [1.54, 1.807) is 7.11 Å². The van der Waals surface area contributed by atoms with Crippen molar-refractivity contribution in [1.29, 1.82) is 0 Å². The summed E-state index contributed by atoms with van der Waals surface area (Å²) in [5, 5.41) is 9.08. The molecule has 1 rings (SSSR count). The number of rotatable bonds is 4. The van der Waals surface area contributed by atoms with E-state index in [4.69, 9.17) is 9.84 Å². The van der Waals surface area contributed by atoms with Crippen LogP contribution in [0.1, 0.15) is 20.3 Å². The molecule has 1 atom stereocenters. The second-order valence-electron chi connectivity index (χ2n) is 4.50. The first-order valence-electron chi connectivity index (χ1n) is 4.95. The molecule has 3 nitrogen and oxygen atoms in total. The lowest BCUT2D eigenvalue weighted by Gasteiger charge is -2.30. The van der Waals surface area contributed by atoms with E-state index < -0.39 is 0 Å². The van der Waals surface area contributed by atoms with Crippen molar-refractivity contribution < 1.29 is 9.84 Å². The Hall–Kier alpha value is -0.120. The van der Waals surface area contributed by atoms with Crippen LogP contribution in [0, 0.1) is 5.92 Å². The van der Waals surface area contributed by atoms with E-state index in [2.05, 4.69) is 18.7 Å². The summed E-state index contributed by atoms with van der Waals surface area (Å²) in [6.45, 7) is 7.54. The maximum atomic E-state index is 9.08. The molecule has 1 unspecified atom stereocenters. The zero-order chi connectivity index (χ0) is 9.90. The quantitative estimate of drug-likeness (QED) is 0.704. The van der Waals surface area contributed by atoms with Crippen molar-refractivity contribution in [3.05, 3.63) is 0 Å². The molecule has 0 saturated carbocycles. The standard InChI is InChI=1S/C10H21NO2/c1-10(2)6-9(8-12)7-11(10)4-5-13-3/h9,12H,4-8H2,1-3H3. The first kappa shape index (κ1) is 11.0. The lowest BCUT2D eigenvalue weighted by molar-refractivity contribution is 0.108. The van der Waals surface area contributed by atoms with Gasteiger partial charge in [-0.2, -0.15) is 0 Å². The molecule has 78 valence electrons. The molecule has 0 bridgehead atoms. The minimum atomic E-state index is 0.228. The molecule has 0 spiro atoms. The number of nitrogens with zero attached hydrogens (tertiary/aromatic N) is 1. The number of aliphatic hydroxyl groups excluding tert-OH is 1. The van der Waals surface area contributed by atoms with Crippen LogP contribution in [0.25, 0.3) is 0 Å². The first-order chi connectivity index (χ1) is 6.10. The van der Waals surface area contributed by atoms with E-state index in [1.807, 2.05) is 0 Å². The van der Waals surface area contributed by atoms with Crippen molar-refractivity contribution in [1.82, 2.24) is 4.90 Å². The minimum absolute atomic E-state index is 0.228. The van der Waals surface area contributed by atoms with Crippen molar-refractivity contribution >= 4 is 0 Å². The molecule has 1 aliphatic heterocycles. The normalized spacial score (nSPS) is 28.2. The van der Waals surface area contributed by atoms with Gasteiger partial charge in [0.05, 0.1) is 6.61 Å². The van der Waals surface area contributed by atoms with Gasteiger partial charge >= 0.3 is 0 Å². The summed E-state index contributed by atoms with van der Waals surface area (Å²) in [5.41, 5.74) is 0.228. The Labute approximate surface area is 80.7 Å². The molecule has 13 heavy (non-hydrogen) atoms. The molecule has 0 aliphatic carbocycles. The monoisotopic (exact) mass is 187 g/mol. The third-order valence-corrected chi connectivity index (χ3v) is 2.95. The molecule has 1 N–H and O–H groups in total. The zero-order valence-corrected chi connectivity index (χ0v) is 8.92. The minimum Gasteiger partial charge on any atom is -0.396 e. The second-order valence-corrected chi connectivity index (χ2v) is 4.50. The van der Waals surface area contributed by atoms with Crippen LogP contribution in [0.5, 0.6) is 0 Å². The molecule has 1 saturated heterocycles. The predicted molar refractivity (Wildman–Crippen MR) is 52.7 cm³/mol. The number of ether oxygens (including phenoxy) is 1. The Morgan fingerprint density at radius 3 is 2.69 bits per heavy atom. The van der Waals surface area contributed by atoms with E-state index in [0.29, 0.717) is 12.5 Å². The average molecular weight is 187 g/mol. The van der Waals surface area contributed by atoms with Crippen LogP contribution >= 0.6 is 0 Å². The van der Waals surface area contributed by atoms with Crippen LogP contribution in [0.2, 0.25) is 0 Å². The first-order valence-corrected chi connectivity index (χ1v) is 4.95. The fraction of sp³-hybridized carbons (Fsp3) is 1.00. The van der Waals surface area contributed by atoms with Gasteiger partial charge in [0.25, 0.3) is 0 Å². The Kier molecular flexibility index (Phi) is 3.71. The van der Waals surface area contributed by atoms with Gasteiger partial charge in [0.15, 0.2) is 0 Å². The number of aliphatic hydroxyl groups is 1. The van der Waals surface area contributed by atoms with Gasteiger partial charge in [-0.1, -0.05) is 0 Å². The second kappa shape index (κ2) is 4.40. The topological polar surface area (TPSA) is 32.7 Å². The van der Waals surface area contributed by atoms with Gasteiger partial charge in [-0.15, -0.1) is 0 Å². The van der Waals surface area contributed by atoms with Crippen LogP contribution in [-0.4, -0.2) is 49.0 Å². The summed E-state index contributed by atoms with van der Waals surface area (Å²) < 4.78 is 5.06. The average Bonchev–Trinajstić information content (AvgIpc) is 2.37. The molecule has 1 aliphatic rings. The highest BCUT2D eigenvalue weighted by Gasteiger charge is 2.37. The summed E-state index contributed by atoms with van der Waals surface area (Å²) in [6.07, 6.45) is 1.09. The Morgan fingerprint density at radius 1 is 1.54 bits per heavy atom. The van der Waals surface area contributed by atoms with Crippen molar-refractivity contribution in [3.8, 4) is 0 Å². The summed E-state index contributed by atoms with van der Waals surface area (Å²) in [7, 11) is 1.73. The Balaban J connectivity index is 2.44. The van der Waals surface area contributed by atoms with E-state index in [0.717, 1.165) is 26.1 Å². The molecule has 1 fully saturated rings. The van der Waals surface area contributed by atoms with E-state index >= 15 is 0 Å². The number of hydrogen-bond acceptors (Lipinski definition) is 3. The largest absolute Gasteiger partial charge is 0.396 e. The molecule has 0 aromatic heterocycles. The van der Waals surface area contributed by atoms with Gasteiger partial charge in [0, 0.05) is 32.3 Å². The summed E-state index contributed by atoms with van der Waals surface area (Å²) in [4.78, 5) is 2.40. The van der Waals surface area contributed by atoms with Crippen LogP contribution in [0.4, 0.5) is 0 Å². The summed E-state index contributed by atoms with van der Waals surface area (Å²) in [6, 6.07) is 0. The third-order valence-electron chi connectivity index (χ3n) is 2.95. The maximum absolute atomic E-state index is 9.08. The van der Waals surface area contributed by atoms with Crippen LogP contribution in [-0.2, 0) is 4.74 Å². The molecular weight excluding hydrogens is 166 g/mol. The molecule has 0 aromatic carbocycles. The van der Waals surface area contributed by atoms with Crippen LogP contribution in [0.3, 0.4) is 0 Å². The summed E-state index contributed by atoms with van der Waals surface area (Å²) in [5.74, 6) is 0.451. The molecule has 0 amide bonds. The van der Waals surface area contributed by atoms with E-state index in [1.165, 1.54) is 0 Å². The SMILES string of the molecule is COCCN1CC(CO)CC1(C)C. The highest BCUT2D eigenvalue weighted by molar-refractivity contribution is 4.92. The predicted octanol–water partition coefficient (Wildman–Crippen LogP) is 0.726. The van der Waals surface area contributed by atoms with Gasteiger partial charge in [-0.05, 0) is 26.2 Å². The van der Waals surface area contributed by atoms with Gasteiger partial charge < -0.3 is 9.84 Å². The number of likely N-dealkylation sites (tertiary alicyclic amines) is 1. The lowest BCUT2D eigenvalue weighted by atomic mass is 9.97. The Bertz CT molecular complexity index is 159. The van der Waals surface area contributed by atoms with Gasteiger partial charge in [-0.3, -0.25) is 4.90 Å². The lowest BCUT2D eigenvalue weighted by Crippen LogP contribution is -2.40. The van der Waals surface area contributed by atoms with Crippen molar-refractivity contribution in [2.45, 2.75) is 25.8 Å². The highest BCUT2D eigenvalue weighted by atomic mass is 16.5.